The van der Waals surface area contributed by atoms with Crippen LogP contribution in [0.2, 0.25) is 0 Å². The predicted octanol–water partition coefficient (Wildman–Crippen LogP) is 2.66. The highest BCUT2D eigenvalue weighted by atomic mass is 19.1. The Labute approximate surface area is 96.7 Å². The van der Waals surface area contributed by atoms with Gasteiger partial charge in [0, 0.05) is 18.1 Å². The molecule has 0 amide bonds. The summed E-state index contributed by atoms with van der Waals surface area (Å²) in [6.45, 7) is 0. The van der Waals surface area contributed by atoms with Gasteiger partial charge in [0.2, 0.25) is 0 Å². The Bertz CT molecular complexity index is 540. The number of rotatable bonds is 3. The summed E-state index contributed by atoms with van der Waals surface area (Å²) in [5.74, 6) is -1.41. The number of nitrogens with zero attached hydrogens (tertiary/aromatic N) is 1. The Morgan fingerprint density at radius 3 is 2.59 bits per heavy atom. The van der Waals surface area contributed by atoms with Gasteiger partial charge in [-0.25, -0.2) is 9.18 Å². The van der Waals surface area contributed by atoms with E-state index >= 15 is 0 Å². The molecule has 2 N–H and O–H groups in total. The minimum Gasteiger partial charge on any atom is -0.478 e. The van der Waals surface area contributed by atoms with Crippen molar-refractivity contribution in [1.29, 1.82) is 0 Å². The van der Waals surface area contributed by atoms with Crippen LogP contribution < -0.4 is 5.32 Å². The van der Waals surface area contributed by atoms with Gasteiger partial charge in [-0.05, 0) is 30.3 Å². The maximum absolute atomic E-state index is 12.7. The van der Waals surface area contributed by atoms with Crippen molar-refractivity contribution in [2.75, 3.05) is 5.32 Å². The van der Waals surface area contributed by atoms with Gasteiger partial charge in [0.15, 0.2) is 0 Å². The number of nitrogens with one attached hydrogen (secondary N) is 1. The second-order valence-corrected chi connectivity index (χ2v) is 3.36. The molecule has 0 aliphatic carbocycles. The predicted molar refractivity (Wildman–Crippen MR) is 60.9 cm³/mol. The first-order chi connectivity index (χ1) is 8.16. The number of hydrogen-bond acceptors (Lipinski definition) is 3. The van der Waals surface area contributed by atoms with Gasteiger partial charge in [-0.1, -0.05) is 0 Å². The Hall–Kier alpha value is -2.43. The third-order valence-electron chi connectivity index (χ3n) is 2.17. The van der Waals surface area contributed by atoms with E-state index in [9.17, 15) is 9.18 Å². The van der Waals surface area contributed by atoms with E-state index in [4.69, 9.17) is 5.11 Å². The van der Waals surface area contributed by atoms with E-state index in [1.54, 1.807) is 6.07 Å². The number of benzene rings is 1. The largest absolute Gasteiger partial charge is 0.478 e. The molecule has 0 aliphatic heterocycles. The zero-order valence-electron chi connectivity index (χ0n) is 8.72. The van der Waals surface area contributed by atoms with E-state index in [1.165, 1.54) is 36.7 Å². The van der Waals surface area contributed by atoms with Gasteiger partial charge in [0.25, 0.3) is 0 Å². The first-order valence-corrected chi connectivity index (χ1v) is 4.87. The van der Waals surface area contributed by atoms with Crippen LogP contribution in [0.1, 0.15) is 10.4 Å². The minimum atomic E-state index is -1.07. The molecule has 1 aromatic heterocycles. The summed E-state index contributed by atoms with van der Waals surface area (Å²) in [5, 5.41) is 11.8. The van der Waals surface area contributed by atoms with Crippen LogP contribution in [0.3, 0.4) is 0 Å². The second-order valence-electron chi connectivity index (χ2n) is 3.36. The lowest BCUT2D eigenvalue weighted by Gasteiger charge is -2.08. The van der Waals surface area contributed by atoms with Gasteiger partial charge in [-0.15, -0.1) is 0 Å². The Balaban J connectivity index is 2.30. The molecule has 86 valence electrons. The quantitative estimate of drug-likeness (QED) is 0.853. The van der Waals surface area contributed by atoms with Crippen LogP contribution in [-0.4, -0.2) is 16.1 Å². The van der Waals surface area contributed by atoms with Crippen LogP contribution in [-0.2, 0) is 0 Å². The lowest BCUT2D eigenvalue weighted by atomic mass is 10.2. The molecule has 2 aromatic rings. The van der Waals surface area contributed by atoms with E-state index in [0.717, 1.165) is 0 Å². The summed E-state index contributed by atoms with van der Waals surface area (Å²) in [5.41, 5.74) is 1.09. The molecule has 0 bridgehead atoms. The number of aromatic carboxylic acids is 1. The van der Waals surface area contributed by atoms with Crippen molar-refractivity contribution in [3.05, 3.63) is 54.1 Å². The number of hydrogen-bond donors (Lipinski definition) is 2. The lowest BCUT2D eigenvalue weighted by Crippen LogP contribution is -2.03. The number of pyridine rings is 1. The first-order valence-electron chi connectivity index (χ1n) is 4.87. The Morgan fingerprint density at radius 1 is 1.24 bits per heavy atom. The van der Waals surface area contributed by atoms with E-state index in [2.05, 4.69) is 10.3 Å². The molecule has 5 heteroatoms. The minimum absolute atomic E-state index is 0.0665. The van der Waals surface area contributed by atoms with Gasteiger partial charge < -0.3 is 10.4 Å². The van der Waals surface area contributed by atoms with Crippen LogP contribution >= 0.6 is 0 Å². The second kappa shape index (κ2) is 4.61. The molecule has 1 heterocycles. The Morgan fingerprint density at radius 2 is 1.94 bits per heavy atom. The molecule has 0 aliphatic rings. The molecule has 0 atom stereocenters. The van der Waals surface area contributed by atoms with Crippen LogP contribution in [0.25, 0.3) is 0 Å². The number of halogens is 1. The zero-order chi connectivity index (χ0) is 12.3. The summed E-state index contributed by atoms with van der Waals surface area (Å²) < 4.78 is 12.7. The number of aromatic nitrogens is 1. The van der Waals surface area contributed by atoms with Crippen LogP contribution in [0.5, 0.6) is 0 Å². The molecule has 0 unspecified atom stereocenters. The average molecular weight is 232 g/mol. The maximum atomic E-state index is 12.7. The molecular formula is C12H9FN2O2. The summed E-state index contributed by atoms with van der Waals surface area (Å²) in [7, 11) is 0. The highest BCUT2D eigenvalue weighted by Gasteiger charge is 2.09. The van der Waals surface area contributed by atoms with Crippen molar-refractivity contribution in [3.8, 4) is 0 Å². The lowest BCUT2D eigenvalue weighted by molar-refractivity contribution is 0.0697. The van der Waals surface area contributed by atoms with Gasteiger partial charge in [0.1, 0.15) is 11.4 Å². The molecular weight excluding hydrogens is 223 g/mol. The molecule has 4 nitrogen and oxygen atoms in total. The van der Waals surface area contributed by atoms with Gasteiger partial charge in [-0.3, -0.25) is 4.98 Å². The van der Waals surface area contributed by atoms with Crippen LogP contribution in [0.4, 0.5) is 15.8 Å². The van der Waals surface area contributed by atoms with Crippen molar-refractivity contribution in [3.63, 3.8) is 0 Å². The monoisotopic (exact) mass is 232 g/mol. The normalized spacial score (nSPS) is 9.94. The number of carboxylic acid groups (broad SMARTS) is 1. The summed E-state index contributed by atoms with van der Waals surface area (Å²) in [6, 6.07) is 7.20. The topological polar surface area (TPSA) is 62.2 Å². The molecule has 0 saturated carbocycles. The van der Waals surface area contributed by atoms with Crippen molar-refractivity contribution in [1.82, 2.24) is 4.98 Å². The number of carbonyl (C=O) groups is 1. The SMILES string of the molecule is O=C(O)c1cnccc1Nc1ccc(F)cc1. The van der Waals surface area contributed by atoms with E-state index in [-0.39, 0.29) is 11.4 Å². The molecule has 0 fully saturated rings. The van der Waals surface area contributed by atoms with Crippen molar-refractivity contribution < 1.29 is 14.3 Å². The summed E-state index contributed by atoms with van der Waals surface area (Å²) in [4.78, 5) is 14.7. The van der Waals surface area contributed by atoms with Crippen LogP contribution in [0, 0.1) is 5.82 Å². The molecule has 0 radical (unpaired) electrons. The fourth-order valence-corrected chi connectivity index (χ4v) is 1.36. The molecule has 1 aromatic carbocycles. The van der Waals surface area contributed by atoms with Gasteiger partial charge in [-0.2, -0.15) is 0 Å². The fraction of sp³-hybridized carbons (Fsp3) is 0. The standard InChI is InChI=1S/C12H9FN2O2/c13-8-1-3-9(4-2-8)15-11-5-6-14-7-10(11)12(16)17/h1-7H,(H,14,15)(H,16,17). The number of carboxylic acids is 1. The van der Waals surface area contributed by atoms with Gasteiger partial charge >= 0.3 is 5.97 Å². The average Bonchev–Trinajstić information content (AvgIpc) is 2.32. The Kier molecular flexibility index (Phi) is 3.00. The highest BCUT2D eigenvalue weighted by molar-refractivity contribution is 5.94. The van der Waals surface area contributed by atoms with E-state index in [1.807, 2.05) is 0 Å². The summed E-state index contributed by atoms with van der Waals surface area (Å²) in [6.07, 6.45) is 2.74. The number of anilines is 2. The van der Waals surface area contributed by atoms with Crippen molar-refractivity contribution in [2.24, 2.45) is 0 Å². The smallest absolute Gasteiger partial charge is 0.339 e. The van der Waals surface area contributed by atoms with E-state index < -0.39 is 5.97 Å². The van der Waals surface area contributed by atoms with E-state index in [0.29, 0.717) is 11.4 Å². The maximum Gasteiger partial charge on any atom is 0.339 e. The summed E-state index contributed by atoms with van der Waals surface area (Å²) >= 11 is 0. The zero-order valence-corrected chi connectivity index (χ0v) is 8.72. The van der Waals surface area contributed by atoms with Gasteiger partial charge in [0.05, 0.1) is 5.69 Å². The van der Waals surface area contributed by atoms with Crippen molar-refractivity contribution in [2.45, 2.75) is 0 Å². The fourth-order valence-electron chi connectivity index (χ4n) is 1.36. The molecule has 2 rings (SSSR count). The van der Waals surface area contributed by atoms with Crippen molar-refractivity contribution >= 4 is 17.3 Å². The van der Waals surface area contributed by atoms with Crippen LogP contribution in [0.15, 0.2) is 42.7 Å². The highest BCUT2D eigenvalue weighted by Crippen LogP contribution is 2.20. The third-order valence-corrected chi connectivity index (χ3v) is 2.17. The third kappa shape index (κ3) is 2.57. The molecule has 17 heavy (non-hydrogen) atoms. The first kappa shape index (κ1) is 11.1. The molecule has 0 saturated heterocycles. The molecule has 0 spiro atoms.